The number of ketones is 1. The van der Waals surface area contributed by atoms with Gasteiger partial charge in [-0.15, -0.1) is 0 Å². The van der Waals surface area contributed by atoms with Gasteiger partial charge in [0, 0.05) is 28.4 Å². The molecule has 1 amide bonds. The van der Waals surface area contributed by atoms with Gasteiger partial charge < -0.3 is 24.3 Å². The van der Waals surface area contributed by atoms with Gasteiger partial charge >= 0.3 is 6.09 Å². The van der Waals surface area contributed by atoms with Gasteiger partial charge in [-0.2, -0.15) is 0 Å². The number of furan rings is 1. The number of nitrogens with zero attached hydrogens (tertiary/aromatic N) is 1. The highest BCUT2D eigenvalue weighted by atomic mass is 16.6. The molecule has 6 aliphatic rings. The zero-order valence-corrected chi connectivity index (χ0v) is 32.1. The van der Waals surface area contributed by atoms with Gasteiger partial charge in [-0.1, -0.05) is 105 Å². The summed E-state index contributed by atoms with van der Waals surface area (Å²) in [6, 6.07) is 31.5. The number of allylic oxidation sites excluding steroid dienone is 4. The molecule has 0 saturated heterocycles. The number of carbonyl (C=O) groups is 2. The Kier molecular flexibility index (Phi) is 7.92. The number of aliphatic hydroxyl groups is 2. The van der Waals surface area contributed by atoms with Gasteiger partial charge in [-0.05, 0) is 114 Å². The molecule has 286 valence electrons. The average Bonchev–Trinajstić information content (AvgIpc) is 3.84. The Morgan fingerprint density at radius 3 is 2.36 bits per heavy atom. The van der Waals surface area contributed by atoms with E-state index in [9.17, 15) is 19.8 Å². The number of Topliss-reactive ketones (excluding diaryl/α,β-unsaturated/α-hetero) is 1. The summed E-state index contributed by atoms with van der Waals surface area (Å²) in [5.74, 6) is 0.739. The number of amides is 1. The van der Waals surface area contributed by atoms with E-state index in [1.807, 2.05) is 66.7 Å². The summed E-state index contributed by atoms with van der Waals surface area (Å²) in [5.41, 5.74) is -1.41. The lowest BCUT2D eigenvalue weighted by atomic mass is 9.32. The Bertz CT molecular complexity index is 2450. The van der Waals surface area contributed by atoms with E-state index in [0.717, 1.165) is 58.4 Å². The third-order valence-electron chi connectivity index (χ3n) is 15.6. The van der Waals surface area contributed by atoms with Crippen molar-refractivity contribution >= 4 is 33.4 Å². The highest BCUT2D eigenvalue weighted by Crippen LogP contribution is 2.78. The van der Waals surface area contributed by atoms with E-state index in [-0.39, 0.29) is 36.1 Å². The first-order valence-electron chi connectivity index (χ1n) is 20.3. The second kappa shape index (κ2) is 12.5. The van der Waals surface area contributed by atoms with Gasteiger partial charge in [0.2, 0.25) is 5.78 Å². The Morgan fingerprint density at radius 2 is 1.54 bits per heavy atom. The molecule has 3 saturated carbocycles. The fourth-order valence-corrected chi connectivity index (χ4v) is 12.7. The molecule has 7 nitrogen and oxygen atoms in total. The van der Waals surface area contributed by atoms with Crippen molar-refractivity contribution in [2.45, 2.75) is 77.0 Å². The highest BCUT2D eigenvalue weighted by molar-refractivity contribution is 6.08. The molecule has 11 rings (SSSR count). The van der Waals surface area contributed by atoms with Crippen molar-refractivity contribution in [2.75, 3.05) is 6.54 Å². The van der Waals surface area contributed by atoms with Crippen LogP contribution in [0.25, 0.3) is 21.5 Å². The van der Waals surface area contributed by atoms with Crippen molar-refractivity contribution in [2.24, 2.45) is 33.5 Å². The summed E-state index contributed by atoms with van der Waals surface area (Å²) >= 11 is 0. The topological polar surface area (TPSA) is 100 Å². The maximum Gasteiger partial charge on any atom is 0.415 e. The monoisotopic (exact) mass is 747 g/mol. The molecule has 7 heteroatoms. The molecule has 0 radical (unpaired) electrons. The zero-order chi connectivity index (χ0) is 38.5. The maximum atomic E-state index is 14.7. The largest absolute Gasteiger partial charge is 0.461 e. The van der Waals surface area contributed by atoms with Gasteiger partial charge in [0.05, 0.1) is 24.5 Å². The summed E-state index contributed by atoms with van der Waals surface area (Å²) in [4.78, 5) is 30.9. The molecule has 8 unspecified atom stereocenters. The number of aliphatic hydroxyl groups excluding tert-OH is 1. The normalized spacial score (nSPS) is 34.1. The van der Waals surface area contributed by atoms with Crippen molar-refractivity contribution in [1.82, 2.24) is 4.90 Å². The Labute approximate surface area is 327 Å². The summed E-state index contributed by atoms with van der Waals surface area (Å²) in [5, 5.41) is 28.5. The van der Waals surface area contributed by atoms with Gasteiger partial charge in [0.25, 0.3) is 0 Å². The van der Waals surface area contributed by atoms with Crippen LogP contribution in [0.5, 0.6) is 5.75 Å². The summed E-state index contributed by atoms with van der Waals surface area (Å²) in [6.07, 6.45) is 12.4. The molecule has 0 aliphatic heterocycles. The number of rotatable bonds is 7. The Morgan fingerprint density at radius 1 is 0.804 bits per heavy atom. The minimum Gasteiger partial charge on any atom is -0.461 e. The summed E-state index contributed by atoms with van der Waals surface area (Å²) < 4.78 is 11.9. The van der Waals surface area contributed by atoms with E-state index in [4.69, 9.17) is 9.15 Å². The van der Waals surface area contributed by atoms with Crippen LogP contribution in [0.2, 0.25) is 0 Å². The zero-order valence-electron chi connectivity index (χ0n) is 32.1. The molecule has 1 heterocycles. The van der Waals surface area contributed by atoms with Gasteiger partial charge in [0.1, 0.15) is 5.75 Å². The first-order chi connectivity index (χ1) is 27.0. The van der Waals surface area contributed by atoms with Crippen LogP contribution in [0, 0.1) is 33.5 Å². The minimum absolute atomic E-state index is 0.0712. The number of hydrogen-bond acceptors (Lipinski definition) is 6. The van der Waals surface area contributed by atoms with Crippen molar-refractivity contribution in [3.05, 3.63) is 138 Å². The lowest BCUT2D eigenvalue weighted by Crippen LogP contribution is -2.67. The van der Waals surface area contributed by atoms with E-state index in [0.29, 0.717) is 30.8 Å². The first-order valence-corrected chi connectivity index (χ1v) is 20.3. The van der Waals surface area contributed by atoms with Crippen molar-refractivity contribution in [3.63, 3.8) is 0 Å². The molecule has 3 fully saturated rings. The Balaban J connectivity index is 1.04. The van der Waals surface area contributed by atoms with E-state index < -0.39 is 34.0 Å². The average molecular weight is 748 g/mol. The van der Waals surface area contributed by atoms with Crippen LogP contribution in [-0.4, -0.2) is 45.2 Å². The predicted molar refractivity (Wildman–Crippen MR) is 216 cm³/mol. The van der Waals surface area contributed by atoms with Gasteiger partial charge in [-0.25, -0.2) is 4.79 Å². The van der Waals surface area contributed by atoms with Crippen LogP contribution in [0.3, 0.4) is 0 Å². The van der Waals surface area contributed by atoms with E-state index in [1.165, 1.54) is 0 Å². The maximum absolute atomic E-state index is 14.7. The van der Waals surface area contributed by atoms with Gasteiger partial charge in [0.15, 0.2) is 5.76 Å². The lowest BCUT2D eigenvalue weighted by molar-refractivity contribution is -0.175. The van der Waals surface area contributed by atoms with Crippen molar-refractivity contribution in [1.29, 1.82) is 0 Å². The lowest BCUT2D eigenvalue weighted by Gasteiger charge is -2.71. The minimum atomic E-state index is -1.27. The molecule has 6 aliphatic carbocycles. The molecule has 4 aromatic carbocycles. The van der Waals surface area contributed by atoms with Crippen molar-refractivity contribution < 1.29 is 29.0 Å². The van der Waals surface area contributed by atoms with Crippen LogP contribution in [0.1, 0.15) is 74.9 Å². The quantitative estimate of drug-likeness (QED) is 0.127. The predicted octanol–water partition coefficient (Wildman–Crippen LogP) is 10.1. The van der Waals surface area contributed by atoms with E-state index in [2.05, 4.69) is 50.3 Å². The van der Waals surface area contributed by atoms with Crippen molar-refractivity contribution in [3.8, 4) is 5.75 Å². The molecule has 2 N–H and O–H groups in total. The molecular weight excluding hydrogens is 699 g/mol. The second-order valence-corrected chi connectivity index (χ2v) is 18.0. The fourth-order valence-electron chi connectivity index (χ4n) is 12.7. The molecule has 2 spiro atoms. The first kappa shape index (κ1) is 35.4. The number of ether oxygens (including phenoxy) is 1. The third kappa shape index (κ3) is 4.96. The number of benzene rings is 4. The molecule has 1 aromatic heterocycles. The van der Waals surface area contributed by atoms with Crippen LogP contribution >= 0.6 is 0 Å². The standard InChI is InChI=1S/C49H49NO6/c1-45-21-18-36(51)28-47(45)24-25-49(39(29-47)43(52)40-15-8-26-55-40)41(45)19-22-46(2)42(49)20-23-48(46,54)31-50(30-35-13-7-12-33-10-5-6-14-38(33)35)44(53)56-37-17-16-32-9-3-4-11-34(32)27-37/h3-17,24-27,29,36,41-42,51,54H,18-23,28,30-31H2,1-2H3. The number of carbonyl (C=O) groups excluding carboxylic acids is 2. The molecular formula is C49H49NO6. The second-order valence-electron chi connectivity index (χ2n) is 18.0. The fraction of sp³-hybridized carbons (Fsp3) is 0.388. The van der Waals surface area contributed by atoms with Gasteiger partial charge in [-0.3, -0.25) is 4.79 Å². The highest BCUT2D eigenvalue weighted by Gasteiger charge is 2.74. The van der Waals surface area contributed by atoms with Crippen LogP contribution < -0.4 is 4.74 Å². The summed E-state index contributed by atoms with van der Waals surface area (Å²) in [7, 11) is 0. The SMILES string of the molecule is CC12CCC(O)CC13C=CC1(C(C(=O)c4ccco4)=C3)C2CCC2(C)C1CCC2(O)CN(Cc1cccc2ccccc12)C(=O)Oc1ccc2ccccc2c1. The smallest absolute Gasteiger partial charge is 0.415 e. The van der Waals surface area contributed by atoms with E-state index in [1.54, 1.807) is 23.3 Å². The number of fused-ring (bicyclic) bond motifs is 3. The third-order valence-corrected chi connectivity index (χ3v) is 15.6. The number of hydrogen-bond donors (Lipinski definition) is 2. The van der Waals surface area contributed by atoms with Crippen LogP contribution in [0.15, 0.2) is 132 Å². The van der Waals surface area contributed by atoms with Crippen LogP contribution in [-0.2, 0) is 6.54 Å². The molecule has 56 heavy (non-hydrogen) atoms. The molecule has 8 atom stereocenters. The molecule has 5 aromatic rings. The molecule has 2 bridgehead atoms. The Hall–Kier alpha value is -4.98. The van der Waals surface area contributed by atoms with E-state index >= 15 is 0 Å². The summed E-state index contributed by atoms with van der Waals surface area (Å²) in [6.45, 7) is 4.92. The van der Waals surface area contributed by atoms with Crippen LogP contribution in [0.4, 0.5) is 4.79 Å².